The largest absolute Gasteiger partial charge is 0.394 e. The molecule has 2 rings (SSSR count). The Kier molecular flexibility index (Phi) is 1.64. The Morgan fingerprint density at radius 2 is 2.00 bits per heavy atom. The zero-order valence-electron chi connectivity index (χ0n) is 6.05. The van der Waals surface area contributed by atoms with Gasteiger partial charge >= 0.3 is 0 Å². The number of aliphatic hydroxyl groups excluding tert-OH is 3. The lowest BCUT2D eigenvalue weighted by atomic mass is 10.0. The van der Waals surface area contributed by atoms with Crippen molar-refractivity contribution in [3.05, 3.63) is 0 Å². The number of rotatable bonds is 1. The number of ether oxygens (including phenoxy) is 1. The predicted octanol–water partition coefficient (Wildman–Crippen LogP) is -1.51. The summed E-state index contributed by atoms with van der Waals surface area (Å²) in [6.07, 6.45) is -1.32. The van der Waals surface area contributed by atoms with Crippen molar-refractivity contribution >= 4 is 0 Å². The van der Waals surface area contributed by atoms with Crippen LogP contribution in [0.15, 0.2) is 0 Å². The van der Waals surface area contributed by atoms with Crippen LogP contribution in [0.2, 0.25) is 0 Å². The normalized spacial score (nSPS) is 55.4. The fraction of sp³-hybridized carbons (Fsp3) is 1.00. The lowest BCUT2D eigenvalue weighted by molar-refractivity contribution is -0.152. The standard InChI is InChI=1S/C7H12O4/c8-2-5-7(10)6(9)3-1-4(3)11-5/h3-10H,1-2H2/t3?,4-,5?,6?,7+/m0/s1. The van der Waals surface area contributed by atoms with Crippen LogP contribution in [0.4, 0.5) is 0 Å². The van der Waals surface area contributed by atoms with Gasteiger partial charge in [-0.05, 0) is 6.42 Å². The molecular formula is C7H12O4. The Labute approximate surface area is 64.4 Å². The van der Waals surface area contributed by atoms with Crippen molar-refractivity contribution in [2.24, 2.45) is 5.92 Å². The van der Waals surface area contributed by atoms with E-state index in [0.29, 0.717) is 0 Å². The van der Waals surface area contributed by atoms with E-state index >= 15 is 0 Å². The molecule has 11 heavy (non-hydrogen) atoms. The zero-order chi connectivity index (χ0) is 8.01. The number of hydrogen-bond acceptors (Lipinski definition) is 4. The molecular weight excluding hydrogens is 148 g/mol. The first kappa shape index (κ1) is 7.49. The molecule has 3 unspecified atom stereocenters. The summed E-state index contributed by atoms with van der Waals surface area (Å²) in [6.45, 7) is -0.221. The molecule has 0 radical (unpaired) electrons. The van der Waals surface area contributed by atoms with Crippen LogP contribution in [0.1, 0.15) is 6.42 Å². The second kappa shape index (κ2) is 2.42. The molecule has 3 N–H and O–H groups in total. The van der Waals surface area contributed by atoms with Crippen molar-refractivity contribution in [2.75, 3.05) is 6.61 Å². The first-order chi connectivity index (χ1) is 5.24. The van der Waals surface area contributed by atoms with Gasteiger partial charge in [0.05, 0.1) is 18.8 Å². The SMILES string of the molecule is OCC1O[C@H]2CC2C(O)[C@@H]1O. The molecule has 4 nitrogen and oxygen atoms in total. The number of fused-ring (bicyclic) bond motifs is 1. The Balaban J connectivity index is 2.03. The molecule has 1 heterocycles. The molecule has 0 aromatic rings. The molecule has 0 aromatic carbocycles. The third-order valence-corrected chi connectivity index (χ3v) is 2.48. The van der Waals surface area contributed by atoms with Crippen molar-refractivity contribution in [2.45, 2.75) is 30.8 Å². The van der Waals surface area contributed by atoms with Gasteiger partial charge in [-0.25, -0.2) is 0 Å². The molecule has 1 aliphatic heterocycles. The molecule has 1 saturated heterocycles. The highest BCUT2D eigenvalue weighted by molar-refractivity contribution is 5.02. The van der Waals surface area contributed by atoms with Crippen LogP contribution in [0, 0.1) is 5.92 Å². The van der Waals surface area contributed by atoms with E-state index in [-0.39, 0.29) is 18.6 Å². The highest BCUT2D eigenvalue weighted by Gasteiger charge is 2.53. The minimum Gasteiger partial charge on any atom is -0.394 e. The van der Waals surface area contributed by atoms with Crippen molar-refractivity contribution in [1.29, 1.82) is 0 Å². The van der Waals surface area contributed by atoms with Crippen LogP contribution in [-0.4, -0.2) is 46.3 Å². The Morgan fingerprint density at radius 1 is 1.27 bits per heavy atom. The van der Waals surface area contributed by atoms with Crippen LogP contribution >= 0.6 is 0 Å². The molecule has 1 saturated carbocycles. The minimum absolute atomic E-state index is 0.0746. The van der Waals surface area contributed by atoms with E-state index in [1.807, 2.05) is 0 Å². The summed E-state index contributed by atoms with van der Waals surface area (Å²) < 4.78 is 5.23. The van der Waals surface area contributed by atoms with Crippen LogP contribution in [0.3, 0.4) is 0 Å². The maximum absolute atomic E-state index is 9.35. The van der Waals surface area contributed by atoms with Gasteiger partial charge in [-0.1, -0.05) is 0 Å². The maximum atomic E-state index is 9.35. The highest BCUT2D eigenvalue weighted by Crippen LogP contribution is 2.43. The highest BCUT2D eigenvalue weighted by atomic mass is 16.5. The molecule has 64 valence electrons. The summed E-state index contributed by atoms with van der Waals surface area (Å²) in [5.41, 5.74) is 0. The lowest BCUT2D eigenvalue weighted by Gasteiger charge is -2.30. The van der Waals surface area contributed by atoms with Crippen LogP contribution < -0.4 is 0 Å². The molecule has 0 bridgehead atoms. The van der Waals surface area contributed by atoms with E-state index in [1.165, 1.54) is 0 Å². The van der Waals surface area contributed by atoms with Crippen molar-refractivity contribution < 1.29 is 20.1 Å². The van der Waals surface area contributed by atoms with Gasteiger partial charge in [-0.15, -0.1) is 0 Å². The van der Waals surface area contributed by atoms with Crippen molar-refractivity contribution in [3.8, 4) is 0 Å². The smallest absolute Gasteiger partial charge is 0.109 e. The van der Waals surface area contributed by atoms with Gasteiger partial charge < -0.3 is 20.1 Å². The Hall–Kier alpha value is -0.160. The van der Waals surface area contributed by atoms with Gasteiger partial charge in [0.2, 0.25) is 0 Å². The summed E-state index contributed by atoms with van der Waals surface area (Å²) in [7, 11) is 0. The molecule has 1 aliphatic carbocycles. The molecule has 0 spiro atoms. The second-order valence-corrected chi connectivity index (χ2v) is 3.28. The van der Waals surface area contributed by atoms with E-state index in [9.17, 15) is 10.2 Å². The molecule has 2 aliphatic rings. The average molecular weight is 160 g/mol. The van der Waals surface area contributed by atoms with Crippen molar-refractivity contribution in [3.63, 3.8) is 0 Å². The first-order valence-electron chi connectivity index (χ1n) is 3.86. The average Bonchev–Trinajstić information content (AvgIpc) is 2.75. The van der Waals surface area contributed by atoms with Crippen LogP contribution in [0.5, 0.6) is 0 Å². The monoisotopic (exact) mass is 160 g/mol. The van der Waals surface area contributed by atoms with E-state index < -0.39 is 18.3 Å². The van der Waals surface area contributed by atoms with Crippen molar-refractivity contribution in [1.82, 2.24) is 0 Å². The van der Waals surface area contributed by atoms with Gasteiger partial charge in [0.1, 0.15) is 12.2 Å². The summed E-state index contributed by atoms with van der Waals surface area (Å²) in [6, 6.07) is 0. The fourth-order valence-corrected chi connectivity index (χ4v) is 1.63. The molecule has 5 atom stereocenters. The molecule has 4 heteroatoms. The van der Waals surface area contributed by atoms with Crippen LogP contribution in [-0.2, 0) is 4.74 Å². The van der Waals surface area contributed by atoms with E-state index in [4.69, 9.17) is 9.84 Å². The summed E-state index contributed by atoms with van der Waals surface area (Å²) >= 11 is 0. The number of hydrogen-bond donors (Lipinski definition) is 3. The maximum Gasteiger partial charge on any atom is 0.109 e. The summed E-state index contributed by atoms with van der Waals surface area (Å²) in [5.74, 6) is 0.104. The van der Waals surface area contributed by atoms with E-state index in [2.05, 4.69) is 0 Å². The van der Waals surface area contributed by atoms with Gasteiger partial charge in [0.25, 0.3) is 0 Å². The first-order valence-corrected chi connectivity index (χ1v) is 3.86. The number of aliphatic hydroxyl groups is 3. The predicted molar refractivity (Wildman–Crippen MR) is 35.9 cm³/mol. The van der Waals surface area contributed by atoms with Crippen LogP contribution in [0.25, 0.3) is 0 Å². The third kappa shape index (κ3) is 1.06. The van der Waals surface area contributed by atoms with E-state index in [1.54, 1.807) is 0 Å². The Morgan fingerprint density at radius 3 is 2.64 bits per heavy atom. The summed E-state index contributed by atoms with van der Waals surface area (Å²) in [4.78, 5) is 0. The fourth-order valence-electron chi connectivity index (χ4n) is 1.63. The minimum atomic E-state index is -0.913. The molecule has 0 aromatic heterocycles. The van der Waals surface area contributed by atoms with Gasteiger partial charge in [-0.3, -0.25) is 0 Å². The zero-order valence-corrected chi connectivity index (χ0v) is 6.05. The van der Waals surface area contributed by atoms with Gasteiger partial charge in [0, 0.05) is 5.92 Å². The molecule has 2 fully saturated rings. The third-order valence-electron chi connectivity index (χ3n) is 2.48. The van der Waals surface area contributed by atoms with Gasteiger partial charge in [0.15, 0.2) is 0 Å². The second-order valence-electron chi connectivity index (χ2n) is 3.28. The van der Waals surface area contributed by atoms with E-state index in [0.717, 1.165) is 6.42 Å². The topological polar surface area (TPSA) is 69.9 Å². The molecule has 0 amide bonds. The quantitative estimate of drug-likeness (QED) is 0.436. The summed E-state index contributed by atoms with van der Waals surface area (Å²) in [5, 5.41) is 27.4. The lowest BCUT2D eigenvalue weighted by Crippen LogP contribution is -2.47. The van der Waals surface area contributed by atoms with Gasteiger partial charge in [-0.2, -0.15) is 0 Å². The Bertz CT molecular complexity index is 161.